The normalized spacial score (nSPS) is 20.0. The maximum Gasteiger partial charge on any atom is 0.419 e. The van der Waals surface area contributed by atoms with Gasteiger partial charge in [-0.1, -0.05) is 18.2 Å². The number of rotatable bonds is 4. The number of para-hydroxylation sites is 1. The zero-order valence-electron chi connectivity index (χ0n) is 14.2. The van der Waals surface area contributed by atoms with E-state index in [1.165, 1.54) is 25.3 Å². The molecule has 1 fully saturated rings. The lowest BCUT2D eigenvalue weighted by atomic mass is 9.85. The van der Waals surface area contributed by atoms with Crippen molar-refractivity contribution < 1.29 is 27.8 Å². The van der Waals surface area contributed by atoms with Crippen LogP contribution in [0.1, 0.15) is 25.3 Å². The molecule has 0 spiro atoms. The highest BCUT2D eigenvalue weighted by Crippen LogP contribution is 2.42. The summed E-state index contributed by atoms with van der Waals surface area (Å²) in [7, 11) is 1.23. The fraction of sp³-hybridized carbons (Fsp3) is 0.588. The number of benzene rings is 1. The Morgan fingerprint density at radius 1 is 1.32 bits per heavy atom. The van der Waals surface area contributed by atoms with Crippen LogP contribution in [-0.2, 0) is 10.3 Å². The van der Waals surface area contributed by atoms with E-state index in [2.05, 4.69) is 0 Å². The molecule has 1 heterocycles. The summed E-state index contributed by atoms with van der Waals surface area (Å²) in [4.78, 5) is 13.9. The number of aliphatic hydroxyl groups excluding tert-OH is 1. The van der Waals surface area contributed by atoms with Crippen molar-refractivity contribution in [1.82, 2.24) is 4.90 Å². The summed E-state index contributed by atoms with van der Waals surface area (Å²) in [5.41, 5.74) is 2.10. The molecule has 1 aliphatic heterocycles. The van der Waals surface area contributed by atoms with Crippen LogP contribution in [0.25, 0.3) is 0 Å². The molecule has 25 heavy (non-hydrogen) atoms. The summed E-state index contributed by atoms with van der Waals surface area (Å²) in [6, 6.07) is 5.40. The molecular formula is C17H23F3N2O3. The maximum atomic E-state index is 13.8. The van der Waals surface area contributed by atoms with Crippen LogP contribution in [0.15, 0.2) is 24.3 Å². The predicted octanol–water partition coefficient (Wildman–Crippen LogP) is 2.03. The number of amides is 1. The second-order valence-electron chi connectivity index (χ2n) is 6.38. The summed E-state index contributed by atoms with van der Waals surface area (Å²) in [6.45, 7) is 1.89. The molecular weight excluding hydrogens is 337 g/mol. The van der Waals surface area contributed by atoms with Gasteiger partial charge in [-0.05, 0) is 31.7 Å². The van der Waals surface area contributed by atoms with Gasteiger partial charge in [0, 0.05) is 18.7 Å². The molecule has 5 nitrogen and oxygen atoms in total. The first-order valence-corrected chi connectivity index (χ1v) is 8.09. The number of hydrogen-bond acceptors (Lipinski definition) is 4. The average molecular weight is 360 g/mol. The minimum Gasteiger partial charge on any atom is -0.496 e. The molecule has 1 amide bonds. The molecule has 2 atom stereocenters. The molecule has 0 radical (unpaired) electrons. The van der Waals surface area contributed by atoms with Crippen molar-refractivity contribution in [2.45, 2.75) is 37.6 Å². The van der Waals surface area contributed by atoms with Crippen LogP contribution in [0.2, 0.25) is 0 Å². The smallest absolute Gasteiger partial charge is 0.419 e. The second kappa shape index (κ2) is 7.21. The molecule has 0 aromatic heterocycles. The van der Waals surface area contributed by atoms with E-state index < -0.39 is 29.3 Å². The Balaban J connectivity index is 2.37. The summed E-state index contributed by atoms with van der Waals surface area (Å²) in [5, 5.41) is 9.61. The van der Waals surface area contributed by atoms with E-state index in [9.17, 15) is 23.1 Å². The maximum absolute atomic E-state index is 13.8. The van der Waals surface area contributed by atoms with Crippen LogP contribution in [0.4, 0.5) is 13.2 Å². The minimum absolute atomic E-state index is 0.0339. The van der Waals surface area contributed by atoms with E-state index in [0.717, 1.165) is 11.0 Å². The second-order valence-corrected chi connectivity index (χ2v) is 6.38. The van der Waals surface area contributed by atoms with Crippen LogP contribution < -0.4 is 10.5 Å². The van der Waals surface area contributed by atoms with Crippen molar-refractivity contribution in [2.24, 2.45) is 11.7 Å². The first-order valence-electron chi connectivity index (χ1n) is 8.09. The van der Waals surface area contributed by atoms with Gasteiger partial charge in [-0.25, -0.2) is 0 Å². The molecule has 1 aromatic rings. The third-order valence-electron chi connectivity index (χ3n) is 4.83. The Kier molecular flexibility index (Phi) is 5.63. The molecule has 0 bridgehead atoms. The molecule has 140 valence electrons. The van der Waals surface area contributed by atoms with Gasteiger partial charge >= 0.3 is 6.18 Å². The van der Waals surface area contributed by atoms with Gasteiger partial charge in [-0.2, -0.15) is 13.2 Å². The largest absolute Gasteiger partial charge is 0.496 e. The van der Waals surface area contributed by atoms with Crippen LogP contribution in [0, 0.1) is 5.92 Å². The highest BCUT2D eigenvalue weighted by atomic mass is 19.4. The first kappa shape index (κ1) is 19.5. The Bertz CT molecular complexity index is 613. The predicted molar refractivity (Wildman–Crippen MR) is 85.9 cm³/mol. The number of hydrogen-bond donors (Lipinski definition) is 2. The lowest BCUT2D eigenvalue weighted by Gasteiger charge is -2.40. The highest BCUT2D eigenvalue weighted by Gasteiger charge is 2.61. The monoisotopic (exact) mass is 360 g/mol. The minimum atomic E-state index is -4.99. The van der Waals surface area contributed by atoms with Gasteiger partial charge in [-0.15, -0.1) is 0 Å². The highest BCUT2D eigenvalue weighted by molar-refractivity contribution is 5.89. The van der Waals surface area contributed by atoms with Crippen molar-refractivity contribution >= 4 is 5.91 Å². The number of nitrogens with zero attached hydrogens (tertiary/aromatic N) is 1. The molecule has 1 aromatic carbocycles. The summed E-state index contributed by atoms with van der Waals surface area (Å²) in [5.74, 6) is -1.32. The lowest BCUT2D eigenvalue weighted by molar-refractivity contribution is -0.201. The van der Waals surface area contributed by atoms with Crippen molar-refractivity contribution in [3.63, 3.8) is 0 Å². The number of carbonyl (C=O) groups is 1. The molecule has 0 saturated carbocycles. The van der Waals surface area contributed by atoms with Gasteiger partial charge in [0.15, 0.2) is 0 Å². The van der Waals surface area contributed by atoms with E-state index in [0.29, 0.717) is 12.8 Å². The molecule has 1 unspecified atom stereocenters. The molecule has 2 rings (SSSR count). The van der Waals surface area contributed by atoms with Gasteiger partial charge in [0.2, 0.25) is 5.54 Å². The number of likely N-dealkylation sites (tertiary alicyclic amines) is 1. The van der Waals surface area contributed by atoms with E-state index in [1.807, 2.05) is 0 Å². The molecule has 0 aliphatic carbocycles. The fourth-order valence-corrected chi connectivity index (χ4v) is 3.19. The number of alkyl halides is 3. The zero-order chi connectivity index (χ0) is 18.8. The molecule has 3 N–H and O–H groups in total. The number of ether oxygens (including phenoxy) is 1. The number of carbonyl (C=O) groups excluding carboxylic acids is 1. The average Bonchev–Trinajstić information content (AvgIpc) is 2.59. The standard InChI is InChI=1S/C17H23F3N2O3/c1-11(23)12-7-9-22(10-8-12)15(24)16(21,17(18,19)20)13-5-3-4-6-14(13)25-2/h3-6,11-12,23H,7-10,21H2,1-2H3/t11-,16?/m1/s1. The summed E-state index contributed by atoms with van der Waals surface area (Å²) in [6.07, 6.45) is -4.68. The molecule has 1 saturated heterocycles. The van der Waals surface area contributed by atoms with Crippen molar-refractivity contribution in [3.8, 4) is 5.75 Å². The van der Waals surface area contributed by atoms with E-state index in [-0.39, 0.29) is 24.8 Å². The topological polar surface area (TPSA) is 75.8 Å². The van der Waals surface area contributed by atoms with Gasteiger partial charge in [0.05, 0.1) is 13.2 Å². The third-order valence-corrected chi connectivity index (χ3v) is 4.83. The quantitative estimate of drug-likeness (QED) is 0.862. The van der Waals surface area contributed by atoms with E-state index in [4.69, 9.17) is 10.5 Å². The third kappa shape index (κ3) is 3.59. The molecule has 1 aliphatic rings. The lowest BCUT2D eigenvalue weighted by Crippen LogP contribution is -2.62. The van der Waals surface area contributed by atoms with Crippen LogP contribution in [-0.4, -0.2) is 48.4 Å². The van der Waals surface area contributed by atoms with Crippen molar-refractivity contribution in [1.29, 1.82) is 0 Å². The Morgan fingerprint density at radius 3 is 2.36 bits per heavy atom. The van der Waals surface area contributed by atoms with E-state index in [1.54, 1.807) is 6.92 Å². The fourth-order valence-electron chi connectivity index (χ4n) is 3.19. The summed E-state index contributed by atoms with van der Waals surface area (Å²) < 4.78 is 46.5. The van der Waals surface area contributed by atoms with Gasteiger partial charge < -0.3 is 20.5 Å². The number of aliphatic hydroxyl groups is 1. The first-order chi connectivity index (χ1) is 11.6. The SMILES string of the molecule is COc1ccccc1C(N)(C(=O)N1CCC([C@@H](C)O)CC1)C(F)(F)F. The van der Waals surface area contributed by atoms with Crippen LogP contribution in [0.5, 0.6) is 5.75 Å². The number of methoxy groups -OCH3 is 1. The Hall–Kier alpha value is -1.80. The molecule has 8 heteroatoms. The number of piperidine rings is 1. The van der Waals surface area contributed by atoms with Crippen LogP contribution >= 0.6 is 0 Å². The Morgan fingerprint density at radius 2 is 1.88 bits per heavy atom. The van der Waals surface area contributed by atoms with Gasteiger partial charge in [0.25, 0.3) is 5.91 Å². The van der Waals surface area contributed by atoms with Gasteiger partial charge in [0.1, 0.15) is 5.75 Å². The zero-order valence-corrected chi connectivity index (χ0v) is 14.2. The summed E-state index contributed by atoms with van der Waals surface area (Å²) >= 11 is 0. The van der Waals surface area contributed by atoms with E-state index >= 15 is 0 Å². The number of nitrogens with two attached hydrogens (primary N) is 1. The van der Waals surface area contributed by atoms with Crippen LogP contribution in [0.3, 0.4) is 0 Å². The Labute approximate surface area is 144 Å². The van der Waals surface area contributed by atoms with Crippen molar-refractivity contribution in [3.05, 3.63) is 29.8 Å². The number of halogens is 3. The van der Waals surface area contributed by atoms with Gasteiger partial charge in [-0.3, -0.25) is 4.79 Å². The van der Waals surface area contributed by atoms with Crippen molar-refractivity contribution in [2.75, 3.05) is 20.2 Å².